The molecule has 158 valence electrons. The molecule has 1 aromatic carbocycles. The van der Waals surface area contributed by atoms with Crippen molar-refractivity contribution in [3.05, 3.63) is 24.3 Å². The Morgan fingerprint density at radius 2 is 1.79 bits per heavy atom. The van der Waals surface area contributed by atoms with Gasteiger partial charge in [-0.2, -0.15) is 0 Å². The summed E-state index contributed by atoms with van der Waals surface area (Å²) in [5.74, 6) is -0.00238. The highest BCUT2D eigenvalue weighted by Gasteiger charge is 2.29. The van der Waals surface area contributed by atoms with E-state index in [0.29, 0.717) is 43.7 Å². The van der Waals surface area contributed by atoms with Gasteiger partial charge in [0.2, 0.25) is 26.0 Å². The van der Waals surface area contributed by atoms with Crippen LogP contribution in [-0.4, -0.2) is 46.3 Å². The molecule has 1 aliphatic rings. The van der Waals surface area contributed by atoms with E-state index in [-0.39, 0.29) is 18.1 Å². The highest BCUT2D eigenvalue weighted by molar-refractivity contribution is 7.93. The molecule has 2 N–H and O–H groups in total. The van der Waals surface area contributed by atoms with E-state index in [0.717, 1.165) is 0 Å². The summed E-state index contributed by atoms with van der Waals surface area (Å²) in [6, 6.07) is 6.72. The van der Waals surface area contributed by atoms with Crippen LogP contribution in [-0.2, 0) is 24.8 Å². The minimum Gasteiger partial charge on any atom is -0.326 e. The predicted molar refractivity (Wildman–Crippen MR) is 111 cm³/mol. The number of rotatable bonds is 8. The van der Waals surface area contributed by atoms with Crippen molar-refractivity contribution < 1.29 is 21.6 Å². The fourth-order valence-electron chi connectivity index (χ4n) is 2.70. The van der Waals surface area contributed by atoms with Gasteiger partial charge in [-0.1, -0.05) is 0 Å². The molecule has 1 saturated heterocycles. The Labute approximate surface area is 167 Å². The van der Waals surface area contributed by atoms with E-state index in [2.05, 4.69) is 10.0 Å². The summed E-state index contributed by atoms with van der Waals surface area (Å²) in [5, 5.41) is 2.77. The number of nitrogens with one attached hydrogen (secondary N) is 2. The maximum atomic E-state index is 12.0. The molecule has 10 heteroatoms. The topological polar surface area (TPSA) is 113 Å². The first-order valence-electron chi connectivity index (χ1n) is 9.32. The molecule has 2 rings (SSSR count). The molecule has 0 aliphatic carbocycles. The summed E-state index contributed by atoms with van der Waals surface area (Å²) in [5.41, 5.74) is 1.19. The summed E-state index contributed by atoms with van der Waals surface area (Å²) >= 11 is 0. The Bertz CT molecular complexity index is 888. The van der Waals surface area contributed by atoms with Crippen molar-refractivity contribution in [1.82, 2.24) is 4.72 Å². The van der Waals surface area contributed by atoms with E-state index in [4.69, 9.17) is 0 Å². The van der Waals surface area contributed by atoms with Gasteiger partial charge in [0.1, 0.15) is 0 Å². The molecule has 1 heterocycles. The van der Waals surface area contributed by atoms with Crippen molar-refractivity contribution in [3.8, 4) is 0 Å². The van der Waals surface area contributed by atoms with Gasteiger partial charge < -0.3 is 5.32 Å². The van der Waals surface area contributed by atoms with Crippen LogP contribution in [0.5, 0.6) is 0 Å². The van der Waals surface area contributed by atoms with E-state index in [1.165, 1.54) is 4.31 Å². The highest BCUT2D eigenvalue weighted by atomic mass is 32.2. The summed E-state index contributed by atoms with van der Waals surface area (Å²) in [7, 11) is -6.58. The van der Waals surface area contributed by atoms with Gasteiger partial charge in [-0.15, -0.1) is 0 Å². The van der Waals surface area contributed by atoms with E-state index in [1.807, 2.05) is 0 Å². The molecule has 0 atom stereocenters. The van der Waals surface area contributed by atoms with Crippen molar-refractivity contribution in [3.63, 3.8) is 0 Å². The summed E-state index contributed by atoms with van der Waals surface area (Å²) in [6.07, 6.45) is 2.02. The molecule has 28 heavy (non-hydrogen) atoms. The molecule has 1 amide bonds. The maximum absolute atomic E-state index is 12.0. The average molecular weight is 432 g/mol. The van der Waals surface area contributed by atoms with Gasteiger partial charge in [0.05, 0.1) is 16.2 Å². The molecule has 1 aliphatic heterocycles. The average Bonchev–Trinajstić information content (AvgIpc) is 2.93. The molecule has 0 bridgehead atoms. The number of sulfonamides is 2. The summed E-state index contributed by atoms with van der Waals surface area (Å²) in [6.45, 7) is 5.67. The largest absolute Gasteiger partial charge is 0.326 e. The minimum atomic E-state index is -3.36. The molecule has 0 spiro atoms. The second-order valence-electron chi connectivity index (χ2n) is 7.80. The van der Waals surface area contributed by atoms with Crippen LogP contribution in [0.15, 0.2) is 24.3 Å². The number of carbonyl (C=O) groups is 1. The zero-order valence-electron chi connectivity index (χ0n) is 16.6. The van der Waals surface area contributed by atoms with Crippen molar-refractivity contribution in [1.29, 1.82) is 0 Å². The van der Waals surface area contributed by atoms with Crippen molar-refractivity contribution in [2.24, 2.45) is 0 Å². The Morgan fingerprint density at radius 1 is 1.14 bits per heavy atom. The van der Waals surface area contributed by atoms with Gasteiger partial charge in [-0.3, -0.25) is 9.10 Å². The molecular formula is C18H29N3O5S2. The lowest BCUT2D eigenvalue weighted by Gasteiger charge is -2.19. The standard InChI is InChI=1S/C18H29N3O5S2/c1-18(2,3)28(25,26)19-12-5-4-7-17(22)20-15-8-10-16(11-9-15)21-13-6-14-27(21,23)24/h8-11,19H,4-7,12-14H2,1-3H3,(H,20,22). The smallest absolute Gasteiger partial charge is 0.235 e. The second-order valence-corrected chi connectivity index (χ2v) is 12.3. The van der Waals surface area contributed by atoms with Crippen molar-refractivity contribution >= 4 is 37.3 Å². The molecule has 0 radical (unpaired) electrons. The quantitative estimate of drug-likeness (QED) is 0.612. The third-order valence-electron chi connectivity index (χ3n) is 4.47. The monoisotopic (exact) mass is 431 g/mol. The van der Waals surface area contributed by atoms with E-state index < -0.39 is 24.8 Å². The van der Waals surface area contributed by atoms with Crippen LogP contribution in [0.3, 0.4) is 0 Å². The first-order chi connectivity index (χ1) is 12.9. The number of amides is 1. The van der Waals surface area contributed by atoms with E-state index in [1.54, 1.807) is 45.0 Å². The van der Waals surface area contributed by atoms with Gasteiger partial charge >= 0.3 is 0 Å². The van der Waals surface area contributed by atoms with Crippen molar-refractivity contribution in [2.45, 2.75) is 51.2 Å². The molecule has 0 saturated carbocycles. The summed E-state index contributed by atoms with van der Waals surface area (Å²) in [4.78, 5) is 12.0. The fraction of sp³-hybridized carbons (Fsp3) is 0.611. The van der Waals surface area contributed by atoms with Crippen LogP contribution in [0.2, 0.25) is 0 Å². The number of benzene rings is 1. The zero-order chi connectivity index (χ0) is 21.0. The number of unbranched alkanes of at least 4 members (excludes halogenated alkanes) is 1. The van der Waals surface area contributed by atoms with Crippen LogP contribution < -0.4 is 14.3 Å². The lowest BCUT2D eigenvalue weighted by molar-refractivity contribution is -0.116. The Kier molecular flexibility index (Phi) is 7.11. The number of carbonyl (C=O) groups excluding carboxylic acids is 1. The fourth-order valence-corrected chi connectivity index (χ4v) is 5.11. The van der Waals surface area contributed by atoms with Crippen LogP contribution in [0, 0.1) is 0 Å². The molecular weight excluding hydrogens is 402 g/mol. The zero-order valence-corrected chi connectivity index (χ0v) is 18.2. The van der Waals surface area contributed by atoms with Gasteiger partial charge in [0, 0.05) is 25.2 Å². The number of hydrogen-bond donors (Lipinski definition) is 2. The molecule has 1 aromatic rings. The van der Waals surface area contributed by atoms with Gasteiger partial charge in [0.25, 0.3) is 0 Å². The van der Waals surface area contributed by atoms with Crippen LogP contribution >= 0.6 is 0 Å². The van der Waals surface area contributed by atoms with E-state index in [9.17, 15) is 21.6 Å². The summed E-state index contributed by atoms with van der Waals surface area (Å²) < 4.78 is 50.8. The van der Waals surface area contributed by atoms with Crippen LogP contribution in [0.1, 0.15) is 46.5 Å². The van der Waals surface area contributed by atoms with Gasteiger partial charge in [-0.25, -0.2) is 21.6 Å². The van der Waals surface area contributed by atoms with Gasteiger partial charge in [-0.05, 0) is 64.3 Å². The van der Waals surface area contributed by atoms with Gasteiger partial charge in [0.15, 0.2) is 0 Å². The van der Waals surface area contributed by atoms with E-state index >= 15 is 0 Å². The predicted octanol–water partition coefficient (Wildman–Crippen LogP) is 2.05. The molecule has 8 nitrogen and oxygen atoms in total. The van der Waals surface area contributed by atoms with Crippen LogP contribution in [0.4, 0.5) is 11.4 Å². The Hall–Kier alpha value is -1.65. The first-order valence-corrected chi connectivity index (χ1v) is 12.4. The Morgan fingerprint density at radius 3 is 2.32 bits per heavy atom. The highest BCUT2D eigenvalue weighted by Crippen LogP contribution is 2.25. The van der Waals surface area contributed by atoms with Crippen LogP contribution in [0.25, 0.3) is 0 Å². The SMILES string of the molecule is CC(C)(C)S(=O)(=O)NCCCCC(=O)Nc1ccc(N2CCCS2(=O)=O)cc1. The number of nitrogens with zero attached hydrogens (tertiary/aromatic N) is 1. The number of hydrogen-bond acceptors (Lipinski definition) is 5. The molecule has 0 aromatic heterocycles. The van der Waals surface area contributed by atoms with Crippen molar-refractivity contribution in [2.75, 3.05) is 28.5 Å². The lowest BCUT2D eigenvalue weighted by Crippen LogP contribution is -2.39. The number of anilines is 2. The molecule has 0 unspecified atom stereocenters. The lowest BCUT2D eigenvalue weighted by atomic mass is 10.2. The normalized spacial score (nSPS) is 16.9. The second kappa shape index (κ2) is 8.79. The third kappa shape index (κ3) is 5.92. The molecule has 1 fully saturated rings. The third-order valence-corrected chi connectivity index (χ3v) is 8.53. The minimum absolute atomic E-state index is 0.164. The Balaban J connectivity index is 1.75. The first kappa shape index (κ1) is 22.6. The maximum Gasteiger partial charge on any atom is 0.235 e.